The van der Waals surface area contributed by atoms with Gasteiger partial charge in [0, 0.05) is 49.5 Å². The summed E-state index contributed by atoms with van der Waals surface area (Å²) in [6.07, 6.45) is 6.55. The topological polar surface area (TPSA) is 63.1 Å². The number of nitrogens with one attached hydrogen (secondary N) is 1. The largest absolute Gasteiger partial charge is 0.338 e. The third kappa shape index (κ3) is 3.39. The van der Waals surface area contributed by atoms with Crippen LogP contribution in [0.5, 0.6) is 0 Å². The van der Waals surface area contributed by atoms with Crippen molar-refractivity contribution in [3.05, 3.63) is 29.3 Å². The maximum absolute atomic E-state index is 12.4. The van der Waals surface area contributed by atoms with Gasteiger partial charge in [0.25, 0.3) is 0 Å². The summed E-state index contributed by atoms with van der Waals surface area (Å²) in [7, 11) is 1.99. The molecule has 124 valence electrons. The van der Waals surface area contributed by atoms with Crippen LogP contribution < -0.4 is 5.32 Å². The minimum Gasteiger partial charge on any atom is -0.338 e. The molecule has 1 aliphatic heterocycles. The molecule has 23 heavy (non-hydrogen) atoms. The Kier molecular flexibility index (Phi) is 4.14. The van der Waals surface area contributed by atoms with Gasteiger partial charge in [-0.3, -0.25) is 5.32 Å². The summed E-state index contributed by atoms with van der Waals surface area (Å²) in [6.45, 7) is 7.88. The Morgan fingerprint density at radius 3 is 2.78 bits per heavy atom. The zero-order valence-corrected chi connectivity index (χ0v) is 14.9. The second kappa shape index (κ2) is 5.96. The van der Waals surface area contributed by atoms with E-state index in [4.69, 9.17) is 0 Å². The Hall–Kier alpha value is -1.89. The minimum absolute atomic E-state index is 0.0532. The summed E-state index contributed by atoms with van der Waals surface area (Å²) >= 11 is 1.54. The van der Waals surface area contributed by atoms with Crippen molar-refractivity contribution in [2.24, 2.45) is 7.05 Å². The second-order valence-electron chi connectivity index (χ2n) is 7.04. The Morgan fingerprint density at radius 1 is 1.39 bits per heavy atom. The molecule has 1 saturated heterocycles. The number of hydrogen-bond acceptors (Lipinski definition) is 4. The first-order chi connectivity index (χ1) is 10.8. The van der Waals surface area contributed by atoms with E-state index in [1.54, 1.807) is 11.3 Å². The van der Waals surface area contributed by atoms with Crippen molar-refractivity contribution < 1.29 is 4.79 Å². The number of likely N-dealkylation sites (tertiary alicyclic amines) is 1. The lowest BCUT2D eigenvalue weighted by molar-refractivity contribution is 0.222. The lowest BCUT2D eigenvalue weighted by Crippen LogP contribution is -2.32. The van der Waals surface area contributed by atoms with Crippen LogP contribution in [0.25, 0.3) is 0 Å². The molecular formula is C16H23N5OS. The molecule has 0 radical (unpaired) electrons. The molecule has 0 aromatic carbocycles. The molecule has 1 atom stereocenters. The van der Waals surface area contributed by atoms with Gasteiger partial charge >= 0.3 is 6.03 Å². The second-order valence-corrected chi connectivity index (χ2v) is 8.07. The monoisotopic (exact) mass is 333 g/mol. The predicted octanol–water partition coefficient (Wildman–Crippen LogP) is 3.20. The minimum atomic E-state index is -0.0727. The average Bonchev–Trinajstić information content (AvgIpc) is 3.16. The third-order valence-electron chi connectivity index (χ3n) is 4.16. The molecule has 0 spiro atoms. The average molecular weight is 333 g/mol. The Bertz CT molecular complexity index is 699. The maximum Gasteiger partial charge on any atom is 0.323 e. The number of anilines is 1. The lowest BCUT2D eigenvalue weighted by Gasteiger charge is -2.16. The standard InChI is InChI=1S/C16H23N5OS/c1-16(2,3)12-9-18-14(23-12)19-15(22)21-7-5-11(10-21)13-17-6-8-20(13)4/h6,8-9,11H,5,7,10H2,1-4H3,(H,18,19,22). The maximum atomic E-state index is 12.4. The Labute approximate surface area is 140 Å². The van der Waals surface area contributed by atoms with Gasteiger partial charge in [0.2, 0.25) is 0 Å². The molecule has 2 aromatic heterocycles. The number of carbonyl (C=O) groups is 1. The molecule has 3 heterocycles. The van der Waals surface area contributed by atoms with Crippen LogP contribution in [-0.4, -0.2) is 38.6 Å². The van der Waals surface area contributed by atoms with E-state index in [2.05, 4.69) is 36.1 Å². The van der Waals surface area contributed by atoms with E-state index in [1.807, 2.05) is 35.1 Å². The molecule has 6 nitrogen and oxygen atoms in total. The van der Waals surface area contributed by atoms with E-state index in [1.165, 1.54) is 4.88 Å². The van der Waals surface area contributed by atoms with Crippen molar-refractivity contribution in [3.63, 3.8) is 0 Å². The van der Waals surface area contributed by atoms with Crippen LogP contribution in [-0.2, 0) is 12.5 Å². The van der Waals surface area contributed by atoms with Crippen molar-refractivity contribution in [1.29, 1.82) is 0 Å². The van der Waals surface area contributed by atoms with E-state index >= 15 is 0 Å². The molecule has 0 bridgehead atoms. The van der Waals surface area contributed by atoms with Gasteiger partial charge in [-0.15, -0.1) is 11.3 Å². The van der Waals surface area contributed by atoms with Crippen LogP contribution in [0.15, 0.2) is 18.6 Å². The fourth-order valence-corrected chi connectivity index (χ4v) is 3.64. The molecule has 3 rings (SSSR count). The number of aromatic nitrogens is 3. The molecule has 1 fully saturated rings. The van der Waals surface area contributed by atoms with Gasteiger partial charge in [-0.2, -0.15) is 0 Å². The number of imidazole rings is 1. The number of amides is 2. The molecule has 1 N–H and O–H groups in total. The van der Waals surface area contributed by atoms with Crippen LogP contribution >= 0.6 is 11.3 Å². The van der Waals surface area contributed by atoms with Crippen LogP contribution in [0.4, 0.5) is 9.93 Å². The normalized spacial score (nSPS) is 18.4. The van der Waals surface area contributed by atoms with Gasteiger partial charge < -0.3 is 9.47 Å². The molecule has 1 unspecified atom stereocenters. The van der Waals surface area contributed by atoms with E-state index in [0.717, 1.165) is 18.8 Å². The zero-order chi connectivity index (χ0) is 16.6. The highest BCUT2D eigenvalue weighted by Crippen LogP contribution is 2.31. The molecular weight excluding hydrogens is 310 g/mol. The Morgan fingerprint density at radius 2 is 2.17 bits per heavy atom. The molecule has 7 heteroatoms. The summed E-state index contributed by atoms with van der Waals surface area (Å²) in [5, 5.41) is 3.59. The van der Waals surface area contributed by atoms with Gasteiger partial charge in [0.1, 0.15) is 5.82 Å². The van der Waals surface area contributed by atoms with E-state index < -0.39 is 0 Å². The summed E-state index contributed by atoms with van der Waals surface area (Å²) in [5.41, 5.74) is 0.0532. The summed E-state index contributed by atoms with van der Waals surface area (Å²) in [6, 6.07) is -0.0727. The van der Waals surface area contributed by atoms with Gasteiger partial charge in [-0.05, 0) is 11.8 Å². The fraction of sp³-hybridized carbons (Fsp3) is 0.562. The quantitative estimate of drug-likeness (QED) is 0.918. The van der Waals surface area contributed by atoms with E-state index in [0.29, 0.717) is 17.6 Å². The highest BCUT2D eigenvalue weighted by molar-refractivity contribution is 7.15. The van der Waals surface area contributed by atoms with Crippen molar-refractivity contribution in [3.8, 4) is 0 Å². The summed E-state index contributed by atoms with van der Waals surface area (Å²) < 4.78 is 2.03. The SMILES string of the molecule is Cn1ccnc1C1CCN(C(=O)Nc2ncc(C(C)(C)C)s2)C1. The number of aryl methyl sites for hydroxylation is 1. The number of thiazole rings is 1. The van der Waals surface area contributed by atoms with Crippen LogP contribution in [0.1, 0.15) is 43.8 Å². The third-order valence-corrected chi connectivity index (χ3v) is 5.50. The highest BCUT2D eigenvalue weighted by Gasteiger charge is 2.30. The number of carbonyl (C=O) groups excluding carboxylic acids is 1. The number of urea groups is 1. The molecule has 0 saturated carbocycles. The molecule has 2 amide bonds. The van der Waals surface area contributed by atoms with Gasteiger partial charge in [0.15, 0.2) is 5.13 Å². The summed E-state index contributed by atoms with van der Waals surface area (Å²) in [5.74, 6) is 1.35. The van der Waals surface area contributed by atoms with Gasteiger partial charge in [0.05, 0.1) is 0 Å². The van der Waals surface area contributed by atoms with E-state index in [-0.39, 0.29) is 11.4 Å². The predicted molar refractivity (Wildman–Crippen MR) is 92.0 cm³/mol. The lowest BCUT2D eigenvalue weighted by atomic mass is 9.96. The number of nitrogens with zero attached hydrogens (tertiary/aromatic N) is 4. The van der Waals surface area contributed by atoms with Crippen molar-refractivity contribution >= 4 is 22.5 Å². The van der Waals surface area contributed by atoms with E-state index in [9.17, 15) is 4.79 Å². The first kappa shape index (κ1) is 16.0. The zero-order valence-electron chi connectivity index (χ0n) is 14.0. The smallest absolute Gasteiger partial charge is 0.323 e. The first-order valence-corrected chi connectivity index (χ1v) is 8.65. The Balaban J connectivity index is 1.61. The van der Waals surface area contributed by atoms with Crippen molar-refractivity contribution in [2.45, 2.75) is 38.5 Å². The first-order valence-electron chi connectivity index (χ1n) is 7.84. The number of hydrogen-bond donors (Lipinski definition) is 1. The van der Waals surface area contributed by atoms with Crippen molar-refractivity contribution in [2.75, 3.05) is 18.4 Å². The van der Waals surface area contributed by atoms with Crippen molar-refractivity contribution in [1.82, 2.24) is 19.4 Å². The highest BCUT2D eigenvalue weighted by atomic mass is 32.1. The van der Waals surface area contributed by atoms with Crippen LogP contribution in [0.2, 0.25) is 0 Å². The summed E-state index contributed by atoms with van der Waals surface area (Å²) in [4.78, 5) is 24.2. The molecule has 0 aliphatic carbocycles. The molecule has 1 aliphatic rings. The fourth-order valence-electron chi connectivity index (χ4n) is 2.78. The van der Waals surface area contributed by atoms with Crippen LogP contribution in [0.3, 0.4) is 0 Å². The number of rotatable bonds is 2. The van der Waals surface area contributed by atoms with Crippen LogP contribution in [0, 0.1) is 0 Å². The molecule has 2 aromatic rings. The van der Waals surface area contributed by atoms with Gasteiger partial charge in [-0.25, -0.2) is 14.8 Å². The van der Waals surface area contributed by atoms with Gasteiger partial charge in [-0.1, -0.05) is 20.8 Å².